The van der Waals surface area contributed by atoms with Crippen molar-refractivity contribution in [2.75, 3.05) is 26.2 Å². The minimum Gasteiger partial charge on any atom is -0.314 e. The molecule has 118 valence electrons. The van der Waals surface area contributed by atoms with Gasteiger partial charge in [-0.3, -0.25) is 9.69 Å². The standard InChI is InChI=1S/C15H27N5O/c1-12(2)10-20-14(17-11-18-20)9-13(21)15(3,4)19-7-5-16-6-8-19/h11-12,16H,5-10H2,1-4H3. The van der Waals surface area contributed by atoms with Crippen molar-refractivity contribution < 1.29 is 4.79 Å². The van der Waals surface area contributed by atoms with Crippen LogP contribution in [0, 0.1) is 5.92 Å². The number of hydrogen-bond acceptors (Lipinski definition) is 5. The van der Waals surface area contributed by atoms with Gasteiger partial charge in [-0.25, -0.2) is 9.67 Å². The lowest BCUT2D eigenvalue weighted by atomic mass is 9.93. The lowest BCUT2D eigenvalue weighted by Gasteiger charge is -2.39. The van der Waals surface area contributed by atoms with E-state index in [1.807, 2.05) is 18.5 Å². The zero-order valence-electron chi connectivity index (χ0n) is 13.6. The lowest BCUT2D eigenvalue weighted by molar-refractivity contribution is -0.129. The lowest BCUT2D eigenvalue weighted by Crippen LogP contribution is -2.57. The molecule has 6 heteroatoms. The van der Waals surface area contributed by atoms with Gasteiger partial charge in [0.2, 0.25) is 0 Å². The molecule has 2 rings (SSSR count). The molecule has 0 aromatic carbocycles. The Bertz CT molecular complexity index is 474. The summed E-state index contributed by atoms with van der Waals surface area (Å²) in [6.07, 6.45) is 1.90. The van der Waals surface area contributed by atoms with Crippen molar-refractivity contribution in [2.45, 2.75) is 46.2 Å². The Balaban J connectivity index is 2.04. The topological polar surface area (TPSA) is 63.1 Å². The second-order valence-electron chi connectivity index (χ2n) is 6.65. The SMILES string of the molecule is CC(C)Cn1ncnc1CC(=O)C(C)(C)N1CCNCC1. The zero-order chi connectivity index (χ0) is 15.5. The van der Waals surface area contributed by atoms with Crippen LogP contribution >= 0.6 is 0 Å². The van der Waals surface area contributed by atoms with Crippen molar-refractivity contribution >= 4 is 5.78 Å². The smallest absolute Gasteiger partial charge is 0.160 e. The predicted octanol–water partition coefficient (Wildman–Crippen LogP) is 0.730. The molecule has 1 aromatic heterocycles. The van der Waals surface area contributed by atoms with Gasteiger partial charge in [-0.15, -0.1) is 0 Å². The van der Waals surface area contributed by atoms with Gasteiger partial charge in [0.15, 0.2) is 5.78 Å². The third kappa shape index (κ3) is 3.89. The molecule has 0 unspecified atom stereocenters. The number of Topliss-reactive ketones (excluding diaryl/α,β-unsaturated/α-hetero) is 1. The molecule has 1 aliphatic heterocycles. The monoisotopic (exact) mass is 293 g/mol. The highest BCUT2D eigenvalue weighted by Gasteiger charge is 2.35. The highest BCUT2D eigenvalue weighted by atomic mass is 16.1. The average molecular weight is 293 g/mol. The molecule has 2 heterocycles. The maximum absolute atomic E-state index is 12.7. The zero-order valence-corrected chi connectivity index (χ0v) is 13.6. The summed E-state index contributed by atoms with van der Waals surface area (Å²) in [5.74, 6) is 1.47. The van der Waals surface area contributed by atoms with E-state index >= 15 is 0 Å². The van der Waals surface area contributed by atoms with Gasteiger partial charge in [-0.05, 0) is 19.8 Å². The molecule has 0 radical (unpaired) electrons. The number of hydrogen-bond donors (Lipinski definition) is 1. The van der Waals surface area contributed by atoms with Gasteiger partial charge in [0, 0.05) is 32.7 Å². The molecule has 0 bridgehead atoms. The first-order chi connectivity index (χ1) is 9.91. The molecule has 1 N–H and O–H groups in total. The van der Waals surface area contributed by atoms with Gasteiger partial charge in [0.05, 0.1) is 12.0 Å². The molecule has 1 aromatic rings. The van der Waals surface area contributed by atoms with Gasteiger partial charge in [-0.2, -0.15) is 5.10 Å². The maximum Gasteiger partial charge on any atom is 0.160 e. The van der Waals surface area contributed by atoms with E-state index in [0.717, 1.165) is 38.5 Å². The van der Waals surface area contributed by atoms with E-state index in [2.05, 4.69) is 34.1 Å². The van der Waals surface area contributed by atoms with Crippen molar-refractivity contribution in [3.63, 3.8) is 0 Å². The molecule has 1 aliphatic rings. The van der Waals surface area contributed by atoms with Crippen LogP contribution in [0.4, 0.5) is 0 Å². The minimum absolute atomic E-state index is 0.211. The number of carbonyl (C=O) groups excluding carboxylic acids is 1. The van der Waals surface area contributed by atoms with E-state index in [9.17, 15) is 4.79 Å². The second kappa shape index (κ2) is 6.66. The third-order valence-corrected chi connectivity index (χ3v) is 4.14. The summed E-state index contributed by atoms with van der Waals surface area (Å²) >= 11 is 0. The van der Waals surface area contributed by atoms with Crippen LogP contribution in [0.3, 0.4) is 0 Å². The Hall–Kier alpha value is -1.27. The first kappa shape index (κ1) is 16.1. The largest absolute Gasteiger partial charge is 0.314 e. The average Bonchev–Trinajstić information content (AvgIpc) is 2.86. The summed E-state index contributed by atoms with van der Waals surface area (Å²) in [4.78, 5) is 19.3. The Morgan fingerprint density at radius 2 is 2.05 bits per heavy atom. The van der Waals surface area contributed by atoms with Crippen LogP contribution in [-0.2, 0) is 17.8 Å². The number of carbonyl (C=O) groups is 1. The van der Waals surface area contributed by atoms with E-state index in [1.54, 1.807) is 6.33 Å². The third-order valence-electron chi connectivity index (χ3n) is 4.14. The van der Waals surface area contributed by atoms with Crippen LogP contribution in [0.5, 0.6) is 0 Å². The molecule has 0 aliphatic carbocycles. The molecule has 1 saturated heterocycles. The molecule has 0 spiro atoms. The summed E-state index contributed by atoms with van der Waals surface area (Å²) in [6, 6.07) is 0. The van der Waals surface area contributed by atoms with Crippen molar-refractivity contribution in [2.24, 2.45) is 5.92 Å². The highest BCUT2D eigenvalue weighted by Crippen LogP contribution is 2.18. The predicted molar refractivity (Wildman–Crippen MR) is 82.1 cm³/mol. The first-order valence-corrected chi connectivity index (χ1v) is 7.77. The molecule has 6 nitrogen and oxygen atoms in total. The highest BCUT2D eigenvalue weighted by molar-refractivity contribution is 5.88. The van der Waals surface area contributed by atoms with Crippen LogP contribution in [0.25, 0.3) is 0 Å². The van der Waals surface area contributed by atoms with Gasteiger partial charge >= 0.3 is 0 Å². The molecule has 0 saturated carbocycles. The van der Waals surface area contributed by atoms with Crippen LogP contribution < -0.4 is 5.32 Å². The second-order valence-corrected chi connectivity index (χ2v) is 6.65. The van der Waals surface area contributed by atoms with E-state index < -0.39 is 5.54 Å². The summed E-state index contributed by atoms with van der Waals surface area (Å²) in [6.45, 7) is 12.8. The van der Waals surface area contributed by atoms with Gasteiger partial charge < -0.3 is 5.32 Å². The van der Waals surface area contributed by atoms with E-state index in [0.29, 0.717) is 12.3 Å². The normalized spacial score (nSPS) is 17.4. The van der Waals surface area contributed by atoms with E-state index in [1.165, 1.54) is 0 Å². The maximum atomic E-state index is 12.7. The van der Waals surface area contributed by atoms with Crippen LogP contribution in [0.2, 0.25) is 0 Å². The summed E-state index contributed by atoms with van der Waals surface area (Å²) in [7, 11) is 0. The van der Waals surface area contributed by atoms with Crippen molar-refractivity contribution in [3.05, 3.63) is 12.2 Å². The molecule has 0 atom stereocenters. The van der Waals surface area contributed by atoms with Crippen LogP contribution in [-0.4, -0.2) is 57.2 Å². The Kier molecular flexibility index (Phi) is 5.11. The molecular weight excluding hydrogens is 266 g/mol. The summed E-state index contributed by atoms with van der Waals surface area (Å²) in [5, 5.41) is 7.56. The number of rotatable bonds is 6. The fourth-order valence-corrected chi connectivity index (χ4v) is 2.68. The molecular formula is C15H27N5O. The molecule has 0 amide bonds. The summed E-state index contributed by atoms with van der Waals surface area (Å²) in [5.41, 5.74) is -0.448. The van der Waals surface area contributed by atoms with E-state index in [4.69, 9.17) is 0 Å². The minimum atomic E-state index is -0.448. The van der Waals surface area contributed by atoms with Crippen molar-refractivity contribution in [1.29, 1.82) is 0 Å². The van der Waals surface area contributed by atoms with Crippen LogP contribution in [0.1, 0.15) is 33.5 Å². The number of nitrogens with one attached hydrogen (secondary N) is 1. The van der Waals surface area contributed by atoms with Gasteiger partial charge in [-0.1, -0.05) is 13.8 Å². The number of aromatic nitrogens is 3. The fourth-order valence-electron chi connectivity index (χ4n) is 2.68. The Labute approximate surface area is 126 Å². The fraction of sp³-hybridized carbons (Fsp3) is 0.800. The van der Waals surface area contributed by atoms with E-state index in [-0.39, 0.29) is 5.78 Å². The van der Waals surface area contributed by atoms with Crippen molar-refractivity contribution in [3.8, 4) is 0 Å². The number of nitrogens with zero attached hydrogens (tertiary/aromatic N) is 4. The number of ketones is 1. The Morgan fingerprint density at radius 1 is 1.38 bits per heavy atom. The quantitative estimate of drug-likeness (QED) is 0.838. The molecule has 21 heavy (non-hydrogen) atoms. The first-order valence-electron chi connectivity index (χ1n) is 7.77. The molecule has 1 fully saturated rings. The Morgan fingerprint density at radius 3 is 2.67 bits per heavy atom. The van der Waals surface area contributed by atoms with Crippen LogP contribution in [0.15, 0.2) is 6.33 Å². The number of piperazine rings is 1. The summed E-state index contributed by atoms with van der Waals surface area (Å²) < 4.78 is 1.86. The van der Waals surface area contributed by atoms with Gasteiger partial charge in [0.1, 0.15) is 12.2 Å². The van der Waals surface area contributed by atoms with Crippen molar-refractivity contribution in [1.82, 2.24) is 25.0 Å². The van der Waals surface area contributed by atoms with Gasteiger partial charge in [0.25, 0.3) is 0 Å².